The van der Waals surface area contributed by atoms with E-state index >= 15 is 0 Å². The molecule has 18 heteroatoms. The van der Waals surface area contributed by atoms with Crippen LogP contribution in [0.2, 0.25) is 0 Å². The minimum Gasteiger partial charge on any atom is -0.477 e. The Labute approximate surface area is 214 Å². The highest BCUT2D eigenvalue weighted by atomic mass is 16.7. The molecule has 0 aliphatic carbocycles. The normalized spacial score (nSPS) is 49.0. The van der Waals surface area contributed by atoms with Crippen LogP contribution in [-0.4, -0.2) is 179 Å². The first-order chi connectivity index (χ1) is 17.8. The van der Waals surface area contributed by atoms with Gasteiger partial charge in [0.15, 0.2) is 12.6 Å². The number of rotatable bonds is 9. The maximum absolute atomic E-state index is 11.5. The zero-order chi connectivity index (χ0) is 28.5. The van der Waals surface area contributed by atoms with Gasteiger partial charge in [-0.3, -0.25) is 0 Å². The van der Waals surface area contributed by atoms with Crippen molar-refractivity contribution in [2.75, 3.05) is 19.8 Å². The Morgan fingerprint density at radius 3 is 1.92 bits per heavy atom. The summed E-state index contributed by atoms with van der Waals surface area (Å²) < 4.78 is 26.3. The molecule has 3 saturated heterocycles. The maximum atomic E-state index is 11.5. The van der Waals surface area contributed by atoms with Gasteiger partial charge in [-0.15, -0.1) is 0 Å². The van der Waals surface area contributed by atoms with Gasteiger partial charge in [-0.25, -0.2) is 4.79 Å². The van der Waals surface area contributed by atoms with Crippen molar-refractivity contribution in [3.05, 3.63) is 0 Å². The second-order valence-electron chi connectivity index (χ2n) is 9.30. The summed E-state index contributed by atoms with van der Waals surface area (Å²) >= 11 is 0. The molecule has 0 spiro atoms. The highest BCUT2D eigenvalue weighted by Gasteiger charge is 2.56. The van der Waals surface area contributed by atoms with E-state index in [1.165, 1.54) is 0 Å². The summed E-state index contributed by atoms with van der Waals surface area (Å²) in [5.41, 5.74) is 0. The van der Waals surface area contributed by atoms with Gasteiger partial charge in [0, 0.05) is 6.42 Å². The Kier molecular flexibility index (Phi) is 10.4. The lowest BCUT2D eigenvalue weighted by Crippen LogP contribution is -2.66. The Morgan fingerprint density at radius 1 is 0.816 bits per heavy atom. The third-order valence-electron chi connectivity index (χ3n) is 6.70. The molecule has 12 N–H and O–H groups in total. The molecule has 3 aliphatic heterocycles. The van der Waals surface area contributed by atoms with Crippen molar-refractivity contribution in [1.82, 2.24) is 0 Å². The number of hydrogen-bond donors (Lipinski definition) is 12. The summed E-state index contributed by atoms with van der Waals surface area (Å²) in [5.74, 6) is -4.91. The van der Waals surface area contributed by atoms with Crippen molar-refractivity contribution in [1.29, 1.82) is 0 Å². The van der Waals surface area contributed by atoms with Gasteiger partial charge in [-0.05, 0) is 0 Å². The fourth-order valence-electron chi connectivity index (χ4n) is 4.46. The number of aliphatic carboxylic acids is 1. The number of aliphatic hydroxyl groups excluding tert-OH is 10. The van der Waals surface area contributed by atoms with E-state index < -0.39 is 124 Å². The van der Waals surface area contributed by atoms with Crippen LogP contribution in [0, 0.1) is 0 Å². The number of carboxylic acid groups (broad SMARTS) is 1. The molecule has 0 unspecified atom stereocenters. The van der Waals surface area contributed by atoms with Crippen LogP contribution in [0.3, 0.4) is 0 Å². The first-order valence-electron chi connectivity index (χ1n) is 11.6. The molecule has 0 aromatic heterocycles. The van der Waals surface area contributed by atoms with Crippen LogP contribution in [0.15, 0.2) is 0 Å². The zero-order valence-corrected chi connectivity index (χ0v) is 19.7. The molecule has 38 heavy (non-hydrogen) atoms. The molecular weight excluding hydrogens is 528 g/mol. The number of hydrogen-bond acceptors (Lipinski definition) is 17. The second-order valence-corrected chi connectivity index (χ2v) is 9.30. The second kappa shape index (κ2) is 12.6. The molecule has 18 nitrogen and oxygen atoms in total. The van der Waals surface area contributed by atoms with Gasteiger partial charge in [-0.2, -0.15) is 0 Å². The van der Waals surface area contributed by atoms with Crippen molar-refractivity contribution in [3.8, 4) is 0 Å². The van der Waals surface area contributed by atoms with Gasteiger partial charge in [0.25, 0.3) is 5.79 Å². The Hall–Kier alpha value is -1.17. The fourth-order valence-corrected chi connectivity index (χ4v) is 4.46. The zero-order valence-electron chi connectivity index (χ0n) is 19.7. The molecule has 0 amide bonds. The molecular formula is C20H34O18. The monoisotopic (exact) mass is 562 g/mol. The molecule has 3 rings (SSSR count). The smallest absolute Gasteiger partial charge is 0.364 e. The van der Waals surface area contributed by atoms with E-state index in [9.17, 15) is 66.1 Å². The molecule has 3 aliphatic rings. The summed E-state index contributed by atoms with van der Waals surface area (Å²) in [6.45, 7) is -2.67. The third-order valence-corrected chi connectivity index (χ3v) is 6.70. The van der Waals surface area contributed by atoms with E-state index in [1.807, 2.05) is 0 Å². The molecule has 0 saturated carbocycles. The minimum atomic E-state index is -2.99. The molecule has 0 radical (unpaired) electrons. The fraction of sp³-hybridized carbons (Fsp3) is 0.950. The van der Waals surface area contributed by atoms with Crippen LogP contribution < -0.4 is 0 Å². The van der Waals surface area contributed by atoms with Crippen molar-refractivity contribution in [2.45, 2.75) is 98.0 Å². The predicted octanol–water partition coefficient (Wildman–Crippen LogP) is -7.73. The number of aliphatic hydroxyl groups is 11. The van der Waals surface area contributed by atoms with Crippen molar-refractivity contribution in [2.24, 2.45) is 0 Å². The molecule has 3 fully saturated rings. The third kappa shape index (κ3) is 6.10. The summed E-state index contributed by atoms with van der Waals surface area (Å²) in [6, 6.07) is 0. The largest absolute Gasteiger partial charge is 0.477 e. The van der Waals surface area contributed by atoms with Crippen LogP contribution >= 0.6 is 0 Å². The van der Waals surface area contributed by atoms with Gasteiger partial charge in [0.2, 0.25) is 0 Å². The van der Waals surface area contributed by atoms with Gasteiger partial charge in [0.1, 0.15) is 67.1 Å². The highest BCUT2D eigenvalue weighted by molar-refractivity contribution is 5.75. The quantitative estimate of drug-likeness (QED) is 0.124. The lowest BCUT2D eigenvalue weighted by Gasteiger charge is -2.48. The van der Waals surface area contributed by atoms with Gasteiger partial charge >= 0.3 is 5.97 Å². The summed E-state index contributed by atoms with van der Waals surface area (Å²) in [5, 5.41) is 120. The summed E-state index contributed by atoms with van der Waals surface area (Å²) in [6.07, 6.45) is -25.9. The van der Waals surface area contributed by atoms with Crippen LogP contribution in [0.4, 0.5) is 0 Å². The van der Waals surface area contributed by atoms with Crippen LogP contribution in [0.1, 0.15) is 6.42 Å². The van der Waals surface area contributed by atoms with Gasteiger partial charge in [0.05, 0.1) is 25.9 Å². The molecule has 0 aromatic carbocycles. The first-order valence-corrected chi connectivity index (χ1v) is 11.6. The van der Waals surface area contributed by atoms with Crippen molar-refractivity contribution in [3.63, 3.8) is 0 Å². The maximum Gasteiger partial charge on any atom is 0.364 e. The van der Waals surface area contributed by atoms with Crippen molar-refractivity contribution >= 4 is 5.97 Å². The van der Waals surface area contributed by atoms with E-state index in [4.69, 9.17) is 23.7 Å². The lowest BCUT2D eigenvalue weighted by atomic mass is 9.92. The number of carboxylic acids is 1. The number of carbonyl (C=O) groups is 1. The van der Waals surface area contributed by atoms with E-state index in [0.29, 0.717) is 0 Å². The van der Waals surface area contributed by atoms with E-state index in [2.05, 4.69) is 0 Å². The molecule has 0 bridgehead atoms. The molecule has 0 aromatic rings. The minimum absolute atomic E-state index is 0.779. The molecule has 3 heterocycles. The Balaban J connectivity index is 1.76. The van der Waals surface area contributed by atoms with Crippen LogP contribution in [-0.2, 0) is 28.5 Å². The average Bonchev–Trinajstić information content (AvgIpc) is 2.89. The summed E-state index contributed by atoms with van der Waals surface area (Å²) in [7, 11) is 0. The lowest BCUT2D eigenvalue weighted by molar-refractivity contribution is -0.376. The first kappa shape index (κ1) is 31.4. The SMILES string of the molecule is O=C(O)[C@@]1(O)C[C@@H](O[C@H]2O[C@H](CO)[C@@H](O[C@H]3O[C@H](CO)[C@@H](O)[C@H](O)[C@@H]3O)[C@H](O)[C@H]2O)[C@@H](O)[C@@H]([C@H](O)CO)O1. The van der Waals surface area contributed by atoms with Crippen LogP contribution in [0.25, 0.3) is 0 Å². The standard InChI is InChI=1S/C20H34O18/c21-2-5(24)15-10(26)6(1-20(33,38-15)19(31)32)34-17-14(30)12(28)16(8(4-23)36-17)37-18-13(29)11(27)9(25)7(3-22)35-18/h5-18,21-30,33H,1-4H2,(H,31,32)/t5-,6-,7-,8-,9-,10-,11+,12-,13+,14-,15-,16-,17+,18-,20-/m1/s1. The average molecular weight is 562 g/mol. The molecule has 222 valence electrons. The van der Waals surface area contributed by atoms with E-state index in [0.717, 1.165) is 0 Å². The van der Waals surface area contributed by atoms with Gasteiger partial charge in [-0.1, -0.05) is 0 Å². The molecule has 15 atom stereocenters. The summed E-state index contributed by atoms with van der Waals surface area (Å²) in [4.78, 5) is 11.5. The highest BCUT2D eigenvalue weighted by Crippen LogP contribution is 2.35. The van der Waals surface area contributed by atoms with Crippen LogP contribution in [0.5, 0.6) is 0 Å². The van der Waals surface area contributed by atoms with E-state index in [1.54, 1.807) is 0 Å². The van der Waals surface area contributed by atoms with Gasteiger partial charge < -0.3 is 85.0 Å². The van der Waals surface area contributed by atoms with Crippen molar-refractivity contribution < 1.29 is 89.8 Å². The Morgan fingerprint density at radius 2 is 1.37 bits per heavy atom. The topological polar surface area (TPSA) is 306 Å². The number of ether oxygens (including phenoxy) is 5. The Bertz CT molecular complexity index is 783. The van der Waals surface area contributed by atoms with E-state index in [-0.39, 0.29) is 0 Å². The predicted molar refractivity (Wildman–Crippen MR) is 112 cm³/mol.